The van der Waals surface area contributed by atoms with Crippen molar-refractivity contribution >= 4 is 30.6 Å². The largest absolute Gasteiger partial charge is 0.534 e. The fourth-order valence-electron chi connectivity index (χ4n) is 6.06. The molecule has 5 heteroatoms. The van der Waals surface area contributed by atoms with Crippen molar-refractivity contribution in [2.24, 2.45) is 5.92 Å². The smallest absolute Gasteiger partial charge is 0.319 e. The molecular weight excluding hydrogens is 561 g/mol. The normalized spacial score (nSPS) is 15.9. The number of ether oxygens (including phenoxy) is 1. The third-order valence-corrected chi connectivity index (χ3v) is 13.5. The fourth-order valence-corrected chi connectivity index (χ4v) is 10.5. The van der Waals surface area contributed by atoms with Crippen LogP contribution >= 0.6 is 0 Å². The van der Waals surface area contributed by atoms with E-state index in [2.05, 4.69) is 69.3 Å². The SMILES string of the molecule is CC1=CC[C@@H](/C(=C\c2ccc(O[Si](c3ccccc3)(c3ccccc3)C(C)(C)C)cc2OCc2ccccc2)CO)CC1=O. The molecule has 0 aliphatic heterocycles. The van der Waals surface area contributed by atoms with Crippen LogP contribution in [0.25, 0.3) is 6.08 Å². The zero-order valence-electron chi connectivity index (χ0n) is 26.1. The molecule has 0 bridgehead atoms. The van der Waals surface area contributed by atoms with Crippen LogP contribution in [-0.2, 0) is 11.4 Å². The summed E-state index contributed by atoms with van der Waals surface area (Å²) in [5.41, 5.74) is 3.53. The summed E-state index contributed by atoms with van der Waals surface area (Å²) in [5, 5.41) is 12.6. The number of allylic oxidation sites excluding steroid dienone is 2. The van der Waals surface area contributed by atoms with E-state index in [1.165, 1.54) is 10.4 Å². The Morgan fingerprint density at radius 2 is 1.48 bits per heavy atom. The van der Waals surface area contributed by atoms with Crippen molar-refractivity contribution in [2.75, 3.05) is 6.61 Å². The lowest BCUT2D eigenvalue weighted by molar-refractivity contribution is -0.116. The summed E-state index contributed by atoms with van der Waals surface area (Å²) in [6.07, 6.45) is 5.11. The van der Waals surface area contributed by atoms with Crippen LogP contribution in [0.4, 0.5) is 0 Å². The Kier molecular flexibility index (Phi) is 9.67. The molecule has 1 aliphatic carbocycles. The van der Waals surface area contributed by atoms with Crippen molar-refractivity contribution < 1.29 is 19.1 Å². The van der Waals surface area contributed by atoms with Crippen molar-refractivity contribution in [3.05, 3.63) is 138 Å². The molecule has 5 rings (SSSR count). The molecule has 0 saturated carbocycles. The molecule has 4 aromatic rings. The van der Waals surface area contributed by atoms with Gasteiger partial charge in [-0.1, -0.05) is 118 Å². The number of aliphatic hydroxyl groups is 1. The number of benzene rings is 4. The molecule has 0 aromatic heterocycles. The summed E-state index contributed by atoms with van der Waals surface area (Å²) in [6, 6.07) is 37.2. The molecular formula is C39H42O4Si. The summed E-state index contributed by atoms with van der Waals surface area (Å²) >= 11 is 0. The first-order valence-corrected chi connectivity index (χ1v) is 17.2. The standard InChI is InChI=1S/C39H42O4Si/c1-29-20-21-31(25-37(29)41)33(27-40)24-32-22-23-34(26-38(32)42-28-30-14-8-5-9-15-30)43-44(39(2,3)4,35-16-10-6-11-17-35)36-18-12-7-13-19-36/h5-20,22-24,26,31,40H,21,25,27-28H2,1-4H3/b33-24-/t31-/m1/s1. The molecule has 0 saturated heterocycles. The number of hydrogen-bond acceptors (Lipinski definition) is 4. The minimum atomic E-state index is -2.85. The highest BCUT2D eigenvalue weighted by Crippen LogP contribution is 2.39. The van der Waals surface area contributed by atoms with Gasteiger partial charge >= 0.3 is 8.32 Å². The molecule has 1 aliphatic rings. The van der Waals surface area contributed by atoms with Crippen LogP contribution in [0.15, 0.2) is 126 Å². The maximum absolute atomic E-state index is 12.5. The maximum atomic E-state index is 12.5. The Bertz CT molecular complexity index is 1580. The van der Waals surface area contributed by atoms with Gasteiger partial charge in [0.15, 0.2) is 5.78 Å². The first kappa shape index (κ1) is 31.2. The number of hydrogen-bond donors (Lipinski definition) is 1. The van der Waals surface area contributed by atoms with Crippen LogP contribution in [0.5, 0.6) is 11.5 Å². The summed E-state index contributed by atoms with van der Waals surface area (Å²) in [4.78, 5) is 12.5. The molecule has 0 amide bonds. The third kappa shape index (κ3) is 6.80. The van der Waals surface area contributed by atoms with Crippen molar-refractivity contribution in [1.82, 2.24) is 0 Å². The Labute approximate surface area is 262 Å². The van der Waals surface area contributed by atoms with E-state index in [-0.39, 0.29) is 23.3 Å². The molecule has 1 N–H and O–H groups in total. The summed E-state index contributed by atoms with van der Waals surface area (Å²) < 4.78 is 13.8. The number of Topliss-reactive ketones (excluding diaryl/α,β-unsaturated/α-hetero) is 1. The van der Waals surface area contributed by atoms with Crippen molar-refractivity contribution in [1.29, 1.82) is 0 Å². The second-order valence-corrected chi connectivity index (χ2v) is 16.8. The lowest BCUT2D eigenvalue weighted by Crippen LogP contribution is -2.68. The van der Waals surface area contributed by atoms with Crippen LogP contribution in [-0.4, -0.2) is 25.8 Å². The average Bonchev–Trinajstić information content (AvgIpc) is 3.04. The van der Waals surface area contributed by atoms with E-state index < -0.39 is 8.32 Å². The predicted octanol–water partition coefficient (Wildman–Crippen LogP) is 7.51. The summed E-state index contributed by atoms with van der Waals surface area (Å²) in [5.74, 6) is 1.50. The lowest BCUT2D eigenvalue weighted by Gasteiger charge is -2.43. The van der Waals surface area contributed by atoms with Crippen molar-refractivity contribution in [2.45, 2.75) is 52.2 Å². The number of rotatable bonds is 10. The predicted molar refractivity (Wildman–Crippen MR) is 182 cm³/mol. The summed E-state index contributed by atoms with van der Waals surface area (Å²) in [7, 11) is -2.85. The third-order valence-electron chi connectivity index (χ3n) is 8.54. The summed E-state index contributed by atoms with van der Waals surface area (Å²) in [6.45, 7) is 8.92. The fraction of sp³-hybridized carbons (Fsp3) is 0.256. The monoisotopic (exact) mass is 602 g/mol. The maximum Gasteiger partial charge on any atom is 0.319 e. The highest BCUT2D eigenvalue weighted by atomic mass is 28.4. The number of aliphatic hydroxyl groups excluding tert-OH is 1. The van der Waals surface area contributed by atoms with Gasteiger partial charge in [0.2, 0.25) is 0 Å². The quantitative estimate of drug-likeness (QED) is 0.191. The van der Waals surface area contributed by atoms with Gasteiger partial charge in [-0.2, -0.15) is 0 Å². The van der Waals surface area contributed by atoms with Gasteiger partial charge < -0.3 is 14.3 Å². The first-order valence-electron chi connectivity index (χ1n) is 15.3. The van der Waals surface area contributed by atoms with E-state index in [4.69, 9.17) is 9.16 Å². The van der Waals surface area contributed by atoms with Gasteiger partial charge in [0, 0.05) is 18.1 Å². The molecule has 0 radical (unpaired) electrons. The minimum absolute atomic E-state index is 0.0359. The minimum Gasteiger partial charge on any atom is -0.534 e. The van der Waals surface area contributed by atoms with E-state index in [1.807, 2.05) is 79.7 Å². The Balaban J connectivity index is 1.59. The molecule has 0 spiro atoms. The molecule has 0 heterocycles. The van der Waals surface area contributed by atoms with Gasteiger partial charge in [-0.05, 0) is 69.6 Å². The van der Waals surface area contributed by atoms with Gasteiger partial charge in [-0.25, -0.2) is 0 Å². The van der Waals surface area contributed by atoms with Crippen LogP contribution in [0.2, 0.25) is 5.04 Å². The van der Waals surface area contributed by atoms with Crippen LogP contribution in [0, 0.1) is 5.92 Å². The van der Waals surface area contributed by atoms with E-state index in [9.17, 15) is 9.90 Å². The number of ketones is 1. The zero-order chi connectivity index (χ0) is 31.2. The van der Waals surface area contributed by atoms with Crippen molar-refractivity contribution in [3.63, 3.8) is 0 Å². The van der Waals surface area contributed by atoms with Gasteiger partial charge in [0.1, 0.15) is 18.1 Å². The van der Waals surface area contributed by atoms with E-state index >= 15 is 0 Å². The van der Waals surface area contributed by atoms with Gasteiger partial charge in [0.25, 0.3) is 0 Å². The first-order chi connectivity index (χ1) is 21.2. The van der Waals surface area contributed by atoms with Crippen molar-refractivity contribution in [3.8, 4) is 11.5 Å². The second kappa shape index (κ2) is 13.6. The Morgan fingerprint density at radius 1 is 0.886 bits per heavy atom. The average molecular weight is 603 g/mol. The molecule has 1 atom stereocenters. The van der Waals surface area contributed by atoms with Crippen LogP contribution in [0.3, 0.4) is 0 Å². The molecule has 4 aromatic carbocycles. The van der Waals surface area contributed by atoms with E-state index in [0.29, 0.717) is 18.8 Å². The molecule has 44 heavy (non-hydrogen) atoms. The highest BCUT2D eigenvalue weighted by Gasteiger charge is 2.52. The van der Waals surface area contributed by atoms with Crippen LogP contribution in [0.1, 0.15) is 51.7 Å². The topological polar surface area (TPSA) is 55.8 Å². The number of carbonyl (C=O) groups is 1. The highest BCUT2D eigenvalue weighted by molar-refractivity contribution is 7.00. The lowest BCUT2D eigenvalue weighted by atomic mass is 9.83. The molecule has 226 valence electrons. The van der Waals surface area contributed by atoms with Crippen LogP contribution < -0.4 is 19.5 Å². The molecule has 0 fully saturated rings. The van der Waals surface area contributed by atoms with Gasteiger partial charge in [-0.3, -0.25) is 4.79 Å². The molecule has 4 nitrogen and oxygen atoms in total. The Morgan fingerprint density at radius 3 is 2.02 bits per heavy atom. The zero-order valence-corrected chi connectivity index (χ0v) is 27.1. The number of carbonyl (C=O) groups excluding carboxylic acids is 1. The van der Waals surface area contributed by atoms with Gasteiger partial charge in [-0.15, -0.1) is 0 Å². The Hall–Kier alpha value is -4.19. The second-order valence-electron chi connectivity index (χ2n) is 12.6. The molecule has 0 unspecified atom stereocenters. The van der Waals surface area contributed by atoms with Gasteiger partial charge in [0.05, 0.1) is 6.61 Å². The van der Waals surface area contributed by atoms with E-state index in [0.717, 1.165) is 34.4 Å². The van der Waals surface area contributed by atoms with E-state index in [1.54, 1.807) is 0 Å².